The van der Waals surface area contributed by atoms with Crippen molar-refractivity contribution in [2.24, 2.45) is 0 Å². The van der Waals surface area contributed by atoms with Gasteiger partial charge in [0, 0.05) is 5.56 Å². The number of hydrogen-bond donors (Lipinski definition) is 2. The van der Waals surface area contributed by atoms with Gasteiger partial charge in [0.25, 0.3) is 5.91 Å². The van der Waals surface area contributed by atoms with E-state index in [2.05, 4.69) is 5.32 Å². The summed E-state index contributed by atoms with van der Waals surface area (Å²) >= 11 is 6.09. The third-order valence-electron chi connectivity index (χ3n) is 3.53. The van der Waals surface area contributed by atoms with Crippen molar-refractivity contribution in [3.63, 3.8) is 0 Å². The fourth-order valence-corrected chi connectivity index (χ4v) is 2.35. The molecule has 0 aromatic heterocycles. The second-order valence-corrected chi connectivity index (χ2v) is 5.91. The molecular formula is C19H20ClNO5. The molecule has 0 aliphatic carbocycles. The van der Waals surface area contributed by atoms with Crippen LogP contribution in [0.15, 0.2) is 48.5 Å². The van der Waals surface area contributed by atoms with E-state index in [1.807, 2.05) is 19.1 Å². The Morgan fingerprint density at radius 3 is 2.65 bits per heavy atom. The van der Waals surface area contributed by atoms with E-state index in [4.69, 9.17) is 26.2 Å². The Labute approximate surface area is 156 Å². The van der Waals surface area contributed by atoms with Crippen LogP contribution in [0, 0.1) is 0 Å². The molecule has 26 heavy (non-hydrogen) atoms. The van der Waals surface area contributed by atoms with Crippen molar-refractivity contribution in [3.05, 3.63) is 59.1 Å². The number of carboxylic acid groups (broad SMARTS) is 1. The summed E-state index contributed by atoms with van der Waals surface area (Å²) in [6, 6.07) is 13.5. The molecule has 0 aliphatic rings. The first-order valence-corrected chi connectivity index (χ1v) is 8.51. The topological polar surface area (TPSA) is 84.9 Å². The molecular weight excluding hydrogens is 358 g/mol. The van der Waals surface area contributed by atoms with Gasteiger partial charge in [-0.3, -0.25) is 4.79 Å². The van der Waals surface area contributed by atoms with E-state index in [0.717, 1.165) is 0 Å². The van der Waals surface area contributed by atoms with Crippen LogP contribution >= 0.6 is 11.6 Å². The molecule has 2 rings (SSSR count). The molecule has 2 N–H and O–H groups in total. The summed E-state index contributed by atoms with van der Waals surface area (Å²) in [5.74, 6) is -0.493. The Hall–Kier alpha value is -2.73. The van der Waals surface area contributed by atoms with Crippen LogP contribution in [0.25, 0.3) is 0 Å². The second-order valence-electron chi connectivity index (χ2n) is 5.50. The van der Waals surface area contributed by atoms with Gasteiger partial charge in [0.2, 0.25) is 0 Å². The van der Waals surface area contributed by atoms with Gasteiger partial charge in [0.1, 0.15) is 17.6 Å². The number of amides is 1. The highest BCUT2D eigenvalue weighted by Gasteiger charge is 2.13. The number of para-hydroxylation sites is 1. The fraction of sp³-hybridized carbons (Fsp3) is 0.263. The molecule has 0 bridgehead atoms. The highest BCUT2D eigenvalue weighted by atomic mass is 35.5. The Kier molecular flexibility index (Phi) is 7.29. The molecule has 2 aromatic carbocycles. The van der Waals surface area contributed by atoms with Crippen LogP contribution in [0.1, 0.15) is 23.7 Å². The quantitative estimate of drug-likeness (QED) is 0.699. The van der Waals surface area contributed by atoms with E-state index in [0.29, 0.717) is 35.1 Å². The molecule has 2 aromatic rings. The summed E-state index contributed by atoms with van der Waals surface area (Å²) in [4.78, 5) is 22.9. The first-order chi connectivity index (χ1) is 12.5. The maximum atomic E-state index is 12.3. The lowest BCUT2D eigenvalue weighted by molar-refractivity contribution is -0.139. The van der Waals surface area contributed by atoms with Gasteiger partial charge in [-0.2, -0.15) is 0 Å². The Bertz CT molecular complexity index is 765. The van der Waals surface area contributed by atoms with E-state index in [9.17, 15) is 9.59 Å². The molecule has 0 heterocycles. The monoisotopic (exact) mass is 377 g/mol. The lowest BCUT2D eigenvalue weighted by Crippen LogP contribution is -2.35. The zero-order valence-electron chi connectivity index (χ0n) is 14.3. The van der Waals surface area contributed by atoms with Crippen molar-refractivity contribution >= 4 is 23.5 Å². The number of nitrogens with one attached hydrogen (secondary N) is 1. The third-order valence-corrected chi connectivity index (χ3v) is 3.85. The van der Waals surface area contributed by atoms with Crippen LogP contribution in [0.4, 0.5) is 0 Å². The maximum Gasteiger partial charge on any atom is 0.341 e. The summed E-state index contributed by atoms with van der Waals surface area (Å²) in [6.07, 6.45) is 0.457. The summed E-state index contributed by atoms with van der Waals surface area (Å²) in [5, 5.41) is 12.0. The number of ether oxygens (including phenoxy) is 2. The molecule has 0 saturated heterocycles. The molecule has 0 radical (unpaired) electrons. The van der Waals surface area contributed by atoms with E-state index in [1.165, 1.54) is 6.07 Å². The first-order valence-electron chi connectivity index (χ1n) is 8.13. The van der Waals surface area contributed by atoms with E-state index in [1.54, 1.807) is 30.3 Å². The van der Waals surface area contributed by atoms with Crippen LogP contribution in [0.5, 0.6) is 11.5 Å². The van der Waals surface area contributed by atoms with Crippen molar-refractivity contribution < 1.29 is 24.2 Å². The average Bonchev–Trinajstić information content (AvgIpc) is 2.64. The zero-order chi connectivity index (χ0) is 18.9. The van der Waals surface area contributed by atoms with Crippen molar-refractivity contribution in [2.45, 2.75) is 19.4 Å². The predicted molar refractivity (Wildman–Crippen MR) is 98.1 cm³/mol. The van der Waals surface area contributed by atoms with Gasteiger partial charge in [0.05, 0.1) is 11.6 Å². The van der Waals surface area contributed by atoms with Crippen molar-refractivity contribution in [3.8, 4) is 11.5 Å². The largest absolute Gasteiger partial charge is 0.487 e. The minimum absolute atomic E-state index is 0.231. The van der Waals surface area contributed by atoms with Crippen LogP contribution in [0.3, 0.4) is 0 Å². The average molecular weight is 378 g/mol. The summed E-state index contributed by atoms with van der Waals surface area (Å²) in [6.45, 7) is 1.80. The summed E-state index contributed by atoms with van der Waals surface area (Å²) in [7, 11) is 0. The predicted octanol–water partition coefficient (Wildman–Crippen LogP) is 3.39. The van der Waals surface area contributed by atoms with E-state index >= 15 is 0 Å². The van der Waals surface area contributed by atoms with Crippen LogP contribution < -0.4 is 14.8 Å². The van der Waals surface area contributed by atoms with Crippen LogP contribution in [0.2, 0.25) is 5.02 Å². The van der Waals surface area contributed by atoms with Gasteiger partial charge in [-0.1, -0.05) is 36.7 Å². The number of halogens is 1. The number of carboxylic acids is 1. The highest BCUT2D eigenvalue weighted by molar-refractivity contribution is 6.32. The molecule has 7 heteroatoms. The van der Waals surface area contributed by atoms with Gasteiger partial charge in [-0.15, -0.1) is 0 Å². The van der Waals surface area contributed by atoms with Gasteiger partial charge < -0.3 is 19.9 Å². The molecule has 0 saturated carbocycles. The molecule has 1 unspecified atom stereocenters. The van der Waals surface area contributed by atoms with Gasteiger partial charge in [-0.05, 0) is 36.8 Å². The van der Waals surface area contributed by atoms with E-state index in [-0.39, 0.29) is 12.0 Å². The minimum Gasteiger partial charge on any atom is -0.487 e. The normalized spacial score (nSPS) is 11.5. The number of rotatable bonds is 9. The zero-order valence-corrected chi connectivity index (χ0v) is 15.0. The van der Waals surface area contributed by atoms with Gasteiger partial charge in [0.15, 0.2) is 6.61 Å². The van der Waals surface area contributed by atoms with Crippen LogP contribution in [-0.4, -0.2) is 36.2 Å². The van der Waals surface area contributed by atoms with Crippen molar-refractivity contribution in [2.75, 3.05) is 13.2 Å². The Balaban J connectivity index is 1.93. The van der Waals surface area contributed by atoms with Gasteiger partial charge >= 0.3 is 5.97 Å². The molecule has 1 atom stereocenters. The maximum absolute atomic E-state index is 12.3. The molecule has 0 fully saturated rings. The lowest BCUT2D eigenvalue weighted by atomic mass is 10.2. The molecule has 0 spiro atoms. The number of carbonyl (C=O) groups is 2. The second kappa shape index (κ2) is 9.68. The SMILES string of the molecule is CCC(CNC(=O)c1cccc(OCC(=O)O)c1)Oc1ccccc1Cl. The van der Waals surface area contributed by atoms with E-state index < -0.39 is 12.6 Å². The smallest absolute Gasteiger partial charge is 0.341 e. The highest BCUT2D eigenvalue weighted by Crippen LogP contribution is 2.24. The molecule has 6 nitrogen and oxygen atoms in total. The molecule has 0 aliphatic heterocycles. The number of aliphatic carboxylic acids is 1. The lowest BCUT2D eigenvalue weighted by Gasteiger charge is -2.19. The van der Waals surface area contributed by atoms with Gasteiger partial charge in [-0.25, -0.2) is 4.79 Å². The van der Waals surface area contributed by atoms with Crippen molar-refractivity contribution in [1.29, 1.82) is 0 Å². The number of hydrogen-bond acceptors (Lipinski definition) is 4. The molecule has 1 amide bonds. The minimum atomic E-state index is -1.08. The first kappa shape index (κ1) is 19.6. The standard InChI is InChI=1S/C19H20ClNO5/c1-2-14(26-17-9-4-3-8-16(17)20)11-21-19(24)13-6-5-7-15(10-13)25-12-18(22)23/h3-10,14H,2,11-12H2,1H3,(H,21,24)(H,22,23). The third kappa shape index (κ3) is 5.97. The fourth-order valence-electron chi connectivity index (χ4n) is 2.17. The number of benzene rings is 2. The summed E-state index contributed by atoms with van der Waals surface area (Å²) in [5.41, 5.74) is 0.375. The molecule has 138 valence electrons. The Morgan fingerprint density at radius 2 is 1.96 bits per heavy atom. The van der Waals surface area contributed by atoms with Crippen LogP contribution in [-0.2, 0) is 4.79 Å². The number of carbonyl (C=O) groups excluding carboxylic acids is 1. The Morgan fingerprint density at radius 1 is 1.19 bits per heavy atom. The van der Waals surface area contributed by atoms with Crippen molar-refractivity contribution in [1.82, 2.24) is 5.32 Å². The summed E-state index contributed by atoms with van der Waals surface area (Å²) < 4.78 is 10.9.